The van der Waals surface area contributed by atoms with Crippen LogP contribution >= 0.6 is 0 Å². The normalized spacial score (nSPS) is 11.7. The molecule has 0 amide bonds. The number of carbonyl (C=O) groups excluding carboxylic acids is 1. The molecule has 0 aliphatic rings. The molecule has 0 spiro atoms. The maximum atomic E-state index is 12.3. The van der Waals surface area contributed by atoms with E-state index in [0.29, 0.717) is 30.9 Å². The van der Waals surface area contributed by atoms with Crippen molar-refractivity contribution in [3.63, 3.8) is 0 Å². The Labute approximate surface area is 111 Å². The molecule has 0 saturated heterocycles. The van der Waals surface area contributed by atoms with Gasteiger partial charge in [0.2, 0.25) is 0 Å². The Morgan fingerprint density at radius 1 is 1.37 bits per heavy atom. The molecule has 2 heterocycles. The van der Waals surface area contributed by atoms with Crippen LogP contribution in [0.4, 0.5) is 0 Å². The molecule has 0 bridgehead atoms. The second-order valence-electron chi connectivity index (χ2n) is 4.36. The maximum absolute atomic E-state index is 12.3. The van der Waals surface area contributed by atoms with Gasteiger partial charge in [0.1, 0.15) is 23.1 Å². The Morgan fingerprint density at radius 2 is 2.11 bits per heavy atom. The summed E-state index contributed by atoms with van der Waals surface area (Å²) < 4.78 is 5.20. The van der Waals surface area contributed by atoms with Gasteiger partial charge in [-0.15, -0.1) is 0 Å². The van der Waals surface area contributed by atoms with Crippen LogP contribution in [0.25, 0.3) is 11.2 Å². The average molecular weight is 262 g/mol. The van der Waals surface area contributed by atoms with Gasteiger partial charge in [0.15, 0.2) is 5.65 Å². The number of imidazole rings is 1. The van der Waals surface area contributed by atoms with Gasteiger partial charge in [-0.1, -0.05) is 13.8 Å². The van der Waals surface area contributed by atoms with E-state index in [-0.39, 0.29) is 5.97 Å². The number of aromatic nitrogens is 4. The molecule has 6 heteroatoms. The lowest BCUT2D eigenvalue weighted by Crippen LogP contribution is -2.37. The number of aromatic amines is 1. The summed E-state index contributed by atoms with van der Waals surface area (Å²) in [6.45, 7) is 6.08. The minimum absolute atomic E-state index is 0.244. The minimum atomic E-state index is -0.739. The fourth-order valence-electron chi connectivity index (χ4n) is 2.23. The summed E-state index contributed by atoms with van der Waals surface area (Å²) >= 11 is 0. The van der Waals surface area contributed by atoms with Crippen LogP contribution in [-0.4, -0.2) is 32.5 Å². The first-order chi connectivity index (χ1) is 9.17. The highest BCUT2D eigenvalue weighted by Crippen LogP contribution is 2.32. The van der Waals surface area contributed by atoms with Crippen molar-refractivity contribution in [2.45, 2.75) is 39.0 Å². The van der Waals surface area contributed by atoms with Gasteiger partial charge >= 0.3 is 5.97 Å². The molecule has 0 aliphatic carbocycles. The molecule has 19 heavy (non-hydrogen) atoms. The summed E-state index contributed by atoms with van der Waals surface area (Å²) in [6, 6.07) is 0. The van der Waals surface area contributed by atoms with Crippen LogP contribution in [0.5, 0.6) is 0 Å². The Morgan fingerprint density at radius 3 is 2.68 bits per heavy atom. The monoisotopic (exact) mass is 262 g/mol. The lowest BCUT2D eigenvalue weighted by Gasteiger charge is -2.26. The zero-order valence-corrected chi connectivity index (χ0v) is 11.4. The lowest BCUT2D eigenvalue weighted by molar-refractivity contribution is -0.150. The summed E-state index contributed by atoms with van der Waals surface area (Å²) in [5.74, 6) is 0.360. The number of hydrogen-bond acceptors (Lipinski definition) is 5. The number of H-pyrrole nitrogens is 1. The highest BCUT2D eigenvalue weighted by atomic mass is 16.5. The number of rotatable bonds is 5. The SMILES string of the molecule is CCOC(=O)C(CC)(CC)c1nc2ncncc2[nH]1. The van der Waals surface area contributed by atoms with Crippen LogP contribution in [0.15, 0.2) is 12.5 Å². The number of fused-ring (bicyclic) bond motifs is 1. The van der Waals surface area contributed by atoms with Gasteiger partial charge < -0.3 is 9.72 Å². The lowest BCUT2D eigenvalue weighted by atomic mass is 9.81. The molecule has 6 nitrogen and oxygen atoms in total. The van der Waals surface area contributed by atoms with Crippen molar-refractivity contribution in [3.8, 4) is 0 Å². The van der Waals surface area contributed by atoms with E-state index in [0.717, 1.165) is 5.52 Å². The van der Waals surface area contributed by atoms with E-state index in [1.807, 2.05) is 13.8 Å². The number of nitrogens with one attached hydrogen (secondary N) is 1. The number of ether oxygens (including phenoxy) is 1. The molecule has 1 N–H and O–H groups in total. The van der Waals surface area contributed by atoms with Crippen molar-refractivity contribution < 1.29 is 9.53 Å². The standard InChI is InChI=1S/C13H18N4O2/c1-4-13(5-2,12(18)19-6-3)11-16-9-7-14-8-15-10(9)17-11/h7-8H,4-6H2,1-3H3,(H,14,15,16,17). The molecule has 2 aromatic rings. The first-order valence-corrected chi connectivity index (χ1v) is 6.51. The van der Waals surface area contributed by atoms with E-state index in [9.17, 15) is 4.79 Å². The predicted molar refractivity (Wildman–Crippen MR) is 70.6 cm³/mol. The molecule has 2 aromatic heterocycles. The van der Waals surface area contributed by atoms with Crippen LogP contribution in [0, 0.1) is 0 Å². The average Bonchev–Trinajstić information content (AvgIpc) is 2.85. The molecule has 2 rings (SSSR count). The first kappa shape index (κ1) is 13.5. The molecule has 0 saturated carbocycles. The van der Waals surface area contributed by atoms with Crippen molar-refractivity contribution in [2.24, 2.45) is 0 Å². The van der Waals surface area contributed by atoms with Gasteiger partial charge in [-0.25, -0.2) is 15.0 Å². The fourth-order valence-corrected chi connectivity index (χ4v) is 2.23. The predicted octanol–water partition coefficient (Wildman–Crippen LogP) is 1.97. The zero-order chi connectivity index (χ0) is 13.9. The topological polar surface area (TPSA) is 80.8 Å². The third kappa shape index (κ3) is 2.18. The van der Waals surface area contributed by atoms with Gasteiger partial charge in [-0.3, -0.25) is 4.79 Å². The van der Waals surface area contributed by atoms with Crippen molar-refractivity contribution in [1.82, 2.24) is 19.9 Å². The number of carbonyl (C=O) groups is 1. The molecule has 0 unspecified atom stereocenters. The molecule has 102 valence electrons. The maximum Gasteiger partial charge on any atom is 0.319 e. The highest BCUT2D eigenvalue weighted by molar-refractivity contribution is 5.83. The van der Waals surface area contributed by atoms with Crippen molar-refractivity contribution in [1.29, 1.82) is 0 Å². The third-order valence-electron chi connectivity index (χ3n) is 3.49. The quantitative estimate of drug-likeness (QED) is 0.833. The molecule has 0 radical (unpaired) electrons. The summed E-state index contributed by atoms with van der Waals surface area (Å²) in [7, 11) is 0. The van der Waals surface area contributed by atoms with E-state index in [1.165, 1.54) is 6.33 Å². The van der Waals surface area contributed by atoms with Crippen LogP contribution in [0.2, 0.25) is 0 Å². The van der Waals surface area contributed by atoms with Crippen molar-refractivity contribution in [2.75, 3.05) is 6.61 Å². The third-order valence-corrected chi connectivity index (χ3v) is 3.49. The van der Waals surface area contributed by atoms with Crippen LogP contribution in [0.1, 0.15) is 39.4 Å². The van der Waals surface area contributed by atoms with Crippen LogP contribution < -0.4 is 0 Å². The van der Waals surface area contributed by atoms with Gasteiger partial charge in [-0.2, -0.15) is 0 Å². The summed E-state index contributed by atoms with van der Waals surface area (Å²) in [5.41, 5.74) is 0.560. The zero-order valence-electron chi connectivity index (χ0n) is 11.4. The minimum Gasteiger partial charge on any atom is -0.465 e. The van der Waals surface area contributed by atoms with Crippen molar-refractivity contribution in [3.05, 3.63) is 18.3 Å². The van der Waals surface area contributed by atoms with Gasteiger partial charge in [-0.05, 0) is 19.8 Å². The van der Waals surface area contributed by atoms with E-state index >= 15 is 0 Å². The fraction of sp³-hybridized carbons (Fsp3) is 0.538. The van der Waals surface area contributed by atoms with Gasteiger partial charge in [0.25, 0.3) is 0 Å². The molecular formula is C13H18N4O2. The van der Waals surface area contributed by atoms with E-state index in [2.05, 4.69) is 19.9 Å². The number of nitrogens with zero attached hydrogens (tertiary/aromatic N) is 3. The molecule has 0 aliphatic heterocycles. The van der Waals surface area contributed by atoms with E-state index in [1.54, 1.807) is 13.1 Å². The summed E-state index contributed by atoms with van der Waals surface area (Å²) in [4.78, 5) is 27.9. The Balaban J connectivity index is 2.51. The highest BCUT2D eigenvalue weighted by Gasteiger charge is 2.41. The second kappa shape index (κ2) is 5.34. The molecule has 0 atom stereocenters. The molecule has 0 aromatic carbocycles. The smallest absolute Gasteiger partial charge is 0.319 e. The van der Waals surface area contributed by atoms with Gasteiger partial charge in [0, 0.05) is 0 Å². The number of hydrogen-bond donors (Lipinski definition) is 1. The molecule has 0 fully saturated rings. The number of esters is 1. The Hall–Kier alpha value is -1.98. The van der Waals surface area contributed by atoms with Crippen molar-refractivity contribution >= 4 is 17.1 Å². The van der Waals surface area contributed by atoms with Crippen LogP contribution in [-0.2, 0) is 14.9 Å². The Kier molecular flexibility index (Phi) is 3.78. The summed E-state index contributed by atoms with van der Waals surface area (Å²) in [5, 5.41) is 0. The first-order valence-electron chi connectivity index (χ1n) is 6.51. The van der Waals surface area contributed by atoms with E-state index in [4.69, 9.17) is 4.74 Å². The van der Waals surface area contributed by atoms with Gasteiger partial charge in [0.05, 0.1) is 12.8 Å². The molecular weight excluding hydrogens is 244 g/mol. The Bertz CT molecular complexity index is 542. The summed E-state index contributed by atoms with van der Waals surface area (Å²) in [6.07, 6.45) is 4.34. The van der Waals surface area contributed by atoms with Crippen LogP contribution in [0.3, 0.4) is 0 Å². The largest absolute Gasteiger partial charge is 0.465 e. The second-order valence-corrected chi connectivity index (χ2v) is 4.36. The van der Waals surface area contributed by atoms with E-state index < -0.39 is 5.41 Å².